The summed E-state index contributed by atoms with van der Waals surface area (Å²) in [6, 6.07) is 21.5. The van der Waals surface area contributed by atoms with E-state index in [-0.39, 0.29) is 5.91 Å². The molecule has 172 valence electrons. The highest BCUT2D eigenvalue weighted by molar-refractivity contribution is 7.15. The van der Waals surface area contributed by atoms with Gasteiger partial charge in [-0.15, -0.1) is 11.3 Å². The number of halogens is 1. The third-order valence-corrected chi connectivity index (χ3v) is 7.31. The molecular weight excluding hydrogens is 449 g/mol. The van der Waals surface area contributed by atoms with E-state index in [9.17, 15) is 14.3 Å². The second-order valence-electron chi connectivity index (χ2n) is 8.33. The highest BCUT2D eigenvalue weighted by Gasteiger charge is 2.27. The maximum Gasteiger partial charge on any atom is 0.258 e. The van der Waals surface area contributed by atoms with Gasteiger partial charge >= 0.3 is 0 Å². The molecule has 1 aliphatic rings. The minimum absolute atomic E-state index is 0.0837. The Morgan fingerprint density at radius 2 is 1.88 bits per heavy atom. The van der Waals surface area contributed by atoms with Crippen LogP contribution in [0.4, 0.5) is 21.5 Å². The maximum atomic E-state index is 14.3. The number of hydrogen-bond donors (Lipinski definition) is 3. The second kappa shape index (κ2) is 8.93. The van der Waals surface area contributed by atoms with Crippen molar-refractivity contribution in [2.75, 3.05) is 22.5 Å². The summed E-state index contributed by atoms with van der Waals surface area (Å²) in [5.41, 5.74) is 10.8. The van der Waals surface area contributed by atoms with Crippen molar-refractivity contribution in [1.82, 2.24) is 0 Å². The minimum atomic E-state index is -1.05. The summed E-state index contributed by atoms with van der Waals surface area (Å²) >= 11 is 1.45. The molecule has 2 heterocycles. The summed E-state index contributed by atoms with van der Waals surface area (Å²) in [4.78, 5) is 16.8. The zero-order valence-electron chi connectivity index (χ0n) is 18.6. The monoisotopic (exact) mass is 473 g/mol. The third-order valence-electron chi connectivity index (χ3n) is 6.05. The highest BCUT2D eigenvalue weighted by Crippen LogP contribution is 2.43. The van der Waals surface area contributed by atoms with Crippen LogP contribution in [0.15, 0.2) is 72.8 Å². The molecule has 4 N–H and O–H groups in total. The Morgan fingerprint density at radius 3 is 2.65 bits per heavy atom. The molecule has 0 radical (unpaired) electrons. The van der Waals surface area contributed by atoms with Gasteiger partial charge in [-0.05, 0) is 66.9 Å². The Bertz CT molecular complexity index is 1350. The number of para-hydroxylation sites is 2. The van der Waals surface area contributed by atoms with Gasteiger partial charge < -0.3 is 21.1 Å². The molecule has 0 aliphatic carbocycles. The second-order valence-corrected chi connectivity index (χ2v) is 9.41. The molecule has 0 saturated carbocycles. The molecule has 7 heteroatoms. The first-order valence-electron chi connectivity index (χ1n) is 11.0. The van der Waals surface area contributed by atoms with Crippen LogP contribution in [-0.2, 0) is 6.42 Å². The summed E-state index contributed by atoms with van der Waals surface area (Å²) in [5, 5.41) is 13.8. The third kappa shape index (κ3) is 4.04. The van der Waals surface area contributed by atoms with Crippen molar-refractivity contribution >= 4 is 34.3 Å². The molecule has 0 bridgehead atoms. The Hall–Kier alpha value is -3.68. The van der Waals surface area contributed by atoms with Crippen LogP contribution in [0.1, 0.15) is 32.6 Å². The number of fused-ring (bicyclic) bond motifs is 3. The van der Waals surface area contributed by atoms with Crippen LogP contribution in [0, 0.1) is 12.7 Å². The number of thiophene rings is 1. The molecule has 34 heavy (non-hydrogen) atoms. The summed E-state index contributed by atoms with van der Waals surface area (Å²) in [6.07, 6.45) is -0.417. The highest BCUT2D eigenvalue weighted by atomic mass is 32.1. The van der Waals surface area contributed by atoms with Crippen molar-refractivity contribution in [2.45, 2.75) is 19.6 Å². The number of benzene rings is 3. The van der Waals surface area contributed by atoms with Gasteiger partial charge in [-0.3, -0.25) is 4.79 Å². The van der Waals surface area contributed by atoms with Gasteiger partial charge in [-0.1, -0.05) is 30.3 Å². The number of anilines is 3. The molecule has 5 rings (SSSR count). The van der Waals surface area contributed by atoms with Crippen molar-refractivity contribution in [3.63, 3.8) is 0 Å². The molecule has 1 aliphatic heterocycles. The zero-order chi connectivity index (χ0) is 23.8. The van der Waals surface area contributed by atoms with Gasteiger partial charge in [0.25, 0.3) is 5.91 Å². The summed E-state index contributed by atoms with van der Waals surface area (Å²) in [6.45, 7) is 2.30. The Balaban J connectivity index is 1.48. The van der Waals surface area contributed by atoms with Crippen LogP contribution in [0.3, 0.4) is 0 Å². The number of rotatable bonds is 4. The standard InChI is InChI=1S/C27H24FN3O2S/c1-16-5-4-7-21(28)24(16)30-26(32)23-15-18-13-14-31(27(33)17-9-11-19(29)12-10-17)22-8-3-2-6-20(22)25(18)34-23/h2-12,15,26,30,32H,13-14,29H2,1H3. The molecule has 0 fully saturated rings. The van der Waals surface area contributed by atoms with Gasteiger partial charge in [0.15, 0.2) is 6.23 Å². The van der Waals surface area contributed by atoms with E-state index in [0.717, 1.165) is 27.3 Å². The average molecular weight is 474 g/mol. The summed E-state index contributed by atoms with van der Waals surface area (Å²) in [7, 11) is 0. The van der Waals surface area contributed by atoms with Crippen LogP contribution < -0.4 is 16.0 Å². The van der Waals surface area contributed by atoms with Crippen LogP contribution in [-0.4, -0.2) is 17.6 Å². The normalized spacial score (nSPS) is 13.6. The number of carbonyl (C=O) groups excluding carboxylic acids is 1. The van der Waals surface area contributed by atoms with E-state index in [0.29, 0.717) is 34.8 Å². The molecule has 1 unspecified atom stereocenters. The molecule has 1 aromatic heterocycles. The molecule has 1 amide bonds. The lowest BCUT2D eigenvalue weighted by Gasteiger charge is -2.23. The van der Waals surface area contributed by atoms with Crippen LogP contribution in [0.5, 0.6) is 0 Å². The lowest BCUT2D eigenvalue weighted by Crippen LogP contribution is -2.32. The first-order valence-corrected chi connectivity index (χ1v) is 11.8. The fourth-order valence-corrected chi connectivity index (χ4v) is 5.45. The van der Waals surface area contributed by atoms with Crippen LogP contribution in [0.2, 0.25) is 0 Å². The van der Waals surface area contributed by atoms with Crippen LogP contribution >= 0.6 is 11.3 Å². The first-order chi connectivity index (χ1) is 16.4. The van der Waals surface area contributed by atoms with E-state index in [1.54, 1.807) is 48.2 Å². The Kier molecular flexibility index (Phi) is 5.81. The number of nitrogens with zero attached hydrogens (tertiary/aromatic N) is 1. The quantitative estimate of drug-likeness (QED) is 0.260. The van der Waals surface area contributed by atoms with Gasteiger partial charge in [-0.2, -0.15) is 0 Å². The van der Waals surface area contributed by atoms with Crippen molar-refractivity contribution in [3.05, 3.63) is 100 Å². The first kappa shape index (κ1) is 22.1. The number of aliphatic hydroxyl groups excluding tert-OH is 1. The van der Waals surface area contributed by atoms with Gasteiger partial charge in [0, 0.05) is 28.2 Å². The van der Waals surface area contributed by atoms with E-state index in [2.05, 4.69) is 5.32 Å². The largest absolute Gasteiger partial charge is 0.399 e. The lowest BCUT2D eigenvalue weighted by molar-refractivity contribution is 0.0987. The molecule has 5 nitrogen and oxygen atoms in total. The Morgan fingerprint density at radius 1 is 1.12 bits per heavy atom. The number of aryl methyl sites for hydroxylation is 1. The fraction of sp³-hybridized carbons (Fsp3) is 0.148. The molecule has 0 spiro atoms. The number of nitrogen functional groups attached to an aromatic ring is 1. The molecular formula is C27H24FN3O2S. The van der Waals surface area contributed by atoms with Gasteiger partial charge in [-0.25, -0.2) is 4.39 Å². The number of nitrogens with two attached hydrogens (primary N) is 1. The number of hydrogen-bond acceptors (Lipinski definition) is 5. The van der Waals surface area contributed by atoms with E-state index >= 15 is 0 Å². The zero-order valence-corrected chi connectivity index (χ0v) is 19.4. The van der Waals surface area contributed by atoms with E-state index in [1.165, 1.54) is 17.4 Å². The maximum absolute atomic E-state index is 14.3. The van der Waals surface area contributed by atoms with E-state index in [4.69, 9.17) is 5.73 Å². The van der Waals surface area contributed by atoms with Gasteiger partial charge in [0.2, 0.25) is 0 Å². The molecule has 0 saturated heterocycles. The van der Waals surface area contributed by atoms with Crippen LogP contribution in [0.25, 0.3) is 10.4 Å². The molecule has 4 aromatic rings. The van der Waals surface area contributed by atoms with Crippen molar-refractivity contribution in [3.8, 4) is 10.4 Å². The number of carbonyl (C=O) groups is 1. The van der Waals surface area contributed by atoms with E-state index in [1.807, 2.05) is 30.3 Å². The topological polar surface area (TPSA) is 78.6 Å². The average Bonchev–Trinajstić information content (AvgIpc) is 3.20. The number of amides is 1. The summed E-state index contributed by atoms with van der Waals surface area (Å²) < 4.78 is 14.3. The van der Waals surface area contributed by atoms with Crippen molar-refractivity contribution in [1.29, 1.82) is 0 Å². The predicted octanol–water partition coefficient (Wildman–Crippen LogP) is 5.75. The number of aliphatic hydroxyl groups is 1. The SMILES string of the molecule is Cc1cccc(F)c1NC(O)c1cc2c(s1)-c1ccccc1N(C(=O)c1ccc(N)cc1)CC2. The molecule has 3 aromatic carbocycles. The Labute approximate surface area is 201 Å². The molecule has 1 atom stereocenters. The fourth-order valence-electron chi connectivity index (χ4n) is 4.27. The predicted molar refractivity (Wildman–Crippen MR) is 136 cm³/mol. The van der Waals surface area contributed by atoms with Gasteiger partial charge in [0.1, 0.15) is 5.82 Å². The minimum Gasteiger partial charge on any atom is -0.399 e. The van der Waals surface area contributed by atoms with Crippen molar-refractivity contribution < 1.29 is 14.3 Å². The van der Waals surface area contributed by atoms with E-state index < -0.39 is 12.0 Å². The van der Waals surface area contributed by atoms with Crippen molar-refractivity contribution in [2.24, 2.45) is 0 Å². The van der Waals surface area contributed by atoms with Gasteiger partial charge in [0.05, 0.1) is 16.3 Å². The lowest BCUT2D eigenvalue weighted by atomic mass is 10.1. The smallest absolute Gasteiger partial charge is 0.258 e. The summed E-state index contributed by atoms with van der Waals surface area (Å²) in [5.74, 6) is -0.487. The number of nitrogens with one attached hydrogen (secondary N) is 1.